The van der Waals surface area contributed by atoms with Gasteiger partial charge in [-0.3, -0.25) is 0 Å². The zero-order chi connectivity index (χ0) is 10.1. The fourth-order valence-corrected chi connectivity index (χ4v) is 1.56. The quantitative estimate of drug-likeness (QED) is 0.761. The van der Waals surface area contributed by atoms with Crippen LogP contribution < -0.4 is 5.73 Å². The van der Waals surface area contributed by atoms with Gasteiger partial charge in [-0.15, -0.1) is 0 Å². The number of hydrogen-bond acceptors (Lipinski definition) is 2. The van der Waals surface area contributed by atoms with Crippen molar-refractivity contribution in [1.29, 1.82) is 0 Å². The standard InChI is InChI=1S/C11H15N3/c1-3-8(12)11-13-9-6-4-5-7(2)10(9)14-11/h4-6,8H,3,12H2,1-2H3,(H,13,14). The molecular weight excluding hydrogens is 174 g/mol. The number of benzene rings is 1. The van der Waals surface area contributed by atoms with Crippen LogP contribution >= 0.6 is 0 Å². The number of fused-ring (bicyclic) bond motifs is 1. The second-order valence-electron chi connectivity index (χ2n) is 3.61. The molecule has 1 unspecified atom stereocenters. The van der Waals surface area contributed by atoms with Gasteiger partial charge in [0.05, 0.1) is 17.1 Å². The number of imidazole rings is 1. The summed E-state index contributed by atoms with van der Waals surface area (Å²) in [6.45, 7) is 4.12. The number of rotatable bonds is 2. The van der Waals surface area contributed by atoms with E-state index in [1.54, 1.807) is 0 Å². The molecule has 1 heterocycles. The molecule has 1 aromatic heterocycles. The van der Waals surface area contributed by atoms with Gasteiger partial charge in [0.2, 0.25) is 0 Å². The number of para-hydroxylation sites is 1. The van der Waals surface area contributed by atoms with Crippen LogP contribution in [0.2, 0.25) is 0 Å². The number of hydrogen-bond donors (Lipinski definition) is 2. The lowest BCUT2D eigenvalue weighted by atomic mass is 10.2. The van der Waals surface area contributed by atoms with Crippen LogP contribution in [0.15, 0.2) is 18.2 Å². The zero-order valence-electron chi connectivity index (χ0n) is 8.54. The van der Waals surface area contributed by atoms with Crippen LogP contribution in [0.1, 0.15) is 30.8 Å². The highest BCUT2D eigenvalue weighted by atomic mass is 15.0. The SMILES string of the molecule is CCC(N)c1nc2c(C)cccc2[nH]1. The molecule has 74 valence electrons. The van der Waals surface area contributed by atoms with Crippen molar-refractivity contribution in [2.24, 2.45) is 5.73 Å². The molecule has 3 N–H and O–H groups in total. The summed E-state index contributed by atoms with van der Waals surface area (Å²) >= 11 is 0. The molecule has 2 aromatic rings. The Morgan fingerprint density at radius 1 is 1.50 bits per heavy atom. The molecule has 0 bridgehead atoms. The molecule has 0 aliphatic carbocycles. The Morgan fingerprint density at radius 3 is 2.93 bits per heavy atom. The number of aromatic amines is 1. The van der Waals surface area contributed by atoms with E-state index in [1.807, 2.05) is 12.1 Å². The number of H-pyrrole nitrogens is 1. The first kappa shape index (κ1) is 9.21. The molecule has 2 rings (SSSR count). The minimum Gasteiger partial charge on any atom is -0.341 e. The maximum Gasteiger partial charge on any atom is 0.124 e. The van der Waals surface area contributed by atoms with E-state index in [2.05, 4.69) is 29.9 Å². The smallest absolute Gasteiger partial charge is 0.124 e. The molecular formula is C11H15N3. The lowest BCUT2D eigenvalue weighted by molar-refractivity contribution is 0.660. The molecule has 0 radical (unpaired) electrons. The normalized spacial score (nSPS) is 13.4. The van der Waals surface area contributed by atoms with Gasteiger partial charge >= 0.3 is 0 Å². The first-order chi connectivity index (χ1) is 6.72. The van der Waals surface area contributed by atoms with Crippen molar-refractivity contribution in [2.75, 3.05) is 0 Å². The predicted octanol–water partition coefficient (Wildman–Crippen LogP) is 2.28. The van der Waals surface area contributed by atoms with Crippen molar-refractivity contribution < 1.29 is 0 Å². The van der Waals surface area contributed by atoms with E-state index in [1.165, 1.54) is 5.56 Å². The largest absolute Gasteiger partial charge is 0.341 e. The predicted molar refractivity (Wildman–Crippen MR) is 58.1 cm³/mol. The molecule has 1 atom stereocenters. The van der Waals surface area contributed by atoms with Crippen molar-refractivity contribution >= 4 is 11.0 Å². The van der Waals surface area contributed by atoms with Gasteiger partial charge in [-0.2, -0.15) is 0 Å². The van der Waals surface area contributed by atoms with E-state index in [0.29, 0.717) is 0 Å². The van der Waals surface area contributed by atoms with Crippen molar-refractivity contribution in [3.05, 3.63) is 29.6 Å². The fourth-order valence-electron chi connectivity index (χ4n) is 1.56. The zero-order valence-corrected chi connectivity index (χ0v) is 8.54. The van der Waals surface area contributed by atoms with Crippen LogP contribution in [-0.4, -0.2) is 9.97 Å². The van der Waals surface area contributed by atoms with Gasteiger partial charge < -0.3 is 10.7 Å². The Kier molecular flexibility index (Phi) is 2.25. The lowest BCUT2D eigenvalue weighted by Crippen LogP contribution is -2.10. The molecule has 0 aliphatic heterocycles. The third-order valence-electron chi connectivity index (χ3n) is 2.52. The number of nitrogens with two attached hydrogens (primary N) is 1. The minimum absolute atomic E-state index is 0.0156. The topological polar surface area (TPSA) is 54.7 Å². The Bertz CT molecular complexity index is 445. The molecule has 0 amide bonds. The van der Waals surface area contributed by atoms with Crippen LogP contribution in [0, 0.1) is 6.92 Å². The average Bonchev–Trinajstić information content (AvgIpc) is 2.62. The van der Waals surface area contributed by atoms with Gasteiger partial charge in [-0.25, -0.2) is 4.98 Å². The highest BCUT2D eigenvalue weighted by Crippen LogP contribution is 2.19. The average molecular weight is 189 g/mol. The number of nitrogens with zero attached hydrogens (tertiary/aromatic N) is 1. The van der Waals surface area contributed by atoms with Crippen molar-refractivity contribution in [3.63, 3.8) is 0 Å². The molecule has 0 fully saturated rings. The van der Waals surface area contributed by atoms with E-state index in [4.69, 9.17) is 5.73 Å². The first-order valence-corrected chi connectivity index (χ1v) is 4.93. The third-order valence-corrected chi connectivity index (χ3v) is 2.52. The van der Waals surface area contributed by atoms with E-state index < -0.39 is 0 Å². The highest BCUT2D eigenvalue weighted by molar-refractivity contribution is 5.78. The molecule has 0 saturated heterocycles. The van der Waals surface area contributed by atoms with Gasteiger partial charge in [0.25, 0.3) is 0 Å². The van der Waals surface area contributed by atoms with E-state index in [0.717, 1.165) is 23.3 Å². The van der Waals surface area contributed by atoms with Gasteiger partial charge in [0, 0.05) is 0 Å². The summed E-state index contributed by atoms with van der Waals surface area (Å²) in [5.41, 5.74) is 9.21. The van der Waals surface area contributed by atoms with E-state index >= 15 is 0 Å². The highest BCUT2D eigenvalue weighted by Gasteiger charge is 2.09. The van der Waals surface area contributed by atoms with Gasteiger partial charge in [-0.05, 0) is 25.0 Å². The summed E-state index contributed by atoms with van der Waals surface area (Å²) in [4.78, 5) is 7.75. The van der Waals surface area contributed by atoms with E-state index in [9.17, 15) is 0 Å². The Hall–Kier alpha value is -1.35. The molecule has 14 heavy (non-hydrogen) atoms. The molecule has 0 spiro atoms. The van der Waals surface area contributed by atoms with Crippen LogP contribution in [0.3, 0.4) is 0 Å². The van der Waals surface area contributed by atoms with E-state index in [-0.39, 0.29) is 6.04 Å². The van der Waals surface area contributed by atoms with Crippen LogP contribution in [-0.2, 0) is 0 Å². The molecule has 1 aromatic carbocycles. The van der Waals surface area contributed by atoms with Gasteiger partial charge in [0.1, 0.15) is 5.82 Å². The van der Waals surface area contributed by atoms with Crippen LogP contribution in [0.25, 0.3) is 11.0 Å². The molecule has 0 saturated carbocycles. The van der Waals surface area contributed by atoms with Gasteiger partial charge in [0.15, 0.2) is 0 Å². The summed E-state index contributed by atoms with van der Waals surface area (Å²) in [5.74, 6) is 0.886. The van der Waals surface area contributed by atoms with Crippen LogP contribution in [0.5, 0.6) is 0 Å². The van der Waals surface area contributed by atoms with Crippen LogP contribution in [0.4, 0.5) is 0 Å². The molecule has 0 aliphatic rings. The Labute approximate surface area is 83.3 Å². The van der Waals surface area contributed by atoms with Crippen molar-refractivity contribution in [1.82, 2.24) is 9.97 Å². The number of aryl methyl sites for hydroxylation is 1. The molecule has 3 heteroatoms. The fraction of sp³-hybridized carbons (Fsp3) is 0.364. The summed E-state index contributed by atoms with van der Waals surface area (Å²) < 4.78 is 0. The monoisotopic (exact) mass is 189 g/mol. The number of aromatic nitrogens is 2. The Balaban J connectivity index is 2.56. The van der Waals surface area contributed by atoms with Crippen molar-refractivity contribution in [2.45, 2.75) is 26.3 Å². The van der Waals surface area contributed by atoms with Crippen molar-refractivity contribution in [3.8, 4) is 0 Å². The second kappa shape index (κ2) is 3.42. The maximum atomic E-state index is 5.91. The number of nitrogens with one attached hydrogen (secondary N) is 1. The summed E-state index contributed by atoms with van der Waals surface area (Å²) in [6.07, 6.45) is 0.902. The Morgan fingerprint density at radius 2 is 2.29 bits per heavy atom. The maximum absolute atomic E-state index is 5.91. The first-order valence-electron chi connectivity index (χ1n) is 4.93. The molecule has 3 nitrogen and oxygen atoms in total. The minimum atomic E-state index is 0.0156. The third kappa shape index (κ3) is 1.40. The second-order valence-corrected chi connectivity index (χ2v) is 3.61. The lowest BCUT2D eigenvalue weighted by Gasteiger charge is -2.02. The summed E-state index contributed by atoms with van der Waals surface area (Å²) in [7, 11) is 0. The summed E-state index contributed by atoms with van der Waals surface area (Å²) in [5, 5.41) is 0. The summed E-state index contributed by atoms with van der Waals surface area (Å²) in [6, 6.07) is 6.13. The van der Waals surface area contributed by atoms with Gasteiger partial charge in [-0.1, -0.05) is 19.1 Å².